The minimum absolute atomic E-state index is 0.0410. The van der Waals surface area contributed by atoms with Crippen LogP contribution in [-0.4, -0.2) is 25.2 Å². The number of esters is 1. The molecule has 1 heterocycles. The van der Waals surface area contributed by atoms with Crippen molar-refractivity contribution in [3.8, 4) is 5.75 Å². The van der Waals surface area contributed by atoms with Crippen LogP contribution >= 0.6 is 0 Å². The van der Waals surface area contributed by atoms with Gasteiger partial charge in [0, 0.05) is 11.2 Å². The third-order valence-corrected chi connectivity index (χ3v) is 8.37. The second-order valence-corrected chi connectivity index (χ2v) is 11.5. The summed E-state index contributed by atoms with van der Waals surface area (Å²) < 4.78 is 10.6. The fraction of sp³-hybridized carbons (Fsp3) is 0.781. The molecule has 1 aliphatic heterocycles. The molecule has 0 spiro atoms. The third-order valence-electron chi connectivity index (χ3n) is 8.37. The first-order valence-corrected chi connectivity index (χ1v) is 14.9. The molecule has 206 valence electrons. The summed E-state index contributed by atoms with van der Waals surface area (Å²) in [5.41, 5.74) is 6.29. The first-order valence-electron chi connectivity index (χ1n) is 14.9. The lowest BCUT2D eigenvalue weighted by atomic mass is 9.80. The minimum Gasteiger partial charge on any atom is -0.481 e. The summed E-state index contributed by atoms with van der Waals surface area (Å²) >= 11 is 0. The van der Waals surface area contributed by atoms with Gasteiger partial charge in [0.15, 0.2) is 6.61 Å². The summed E-state index contributed by atoms with van der Waals surface area (Å²) in [4.78, 5) is 11.6. The lowest BCUT2D eigenvalue weighted by Crippen LogP contribution is -2.39. The van der Waals surface area contributed by atoms with Crippen LogP contribution in [0, 0.1) is 20.8 Å². The van der Waals surface area contributed by atoms with Crippen LogP contribution < -0.4 is 10.1 Å². The summed E-state index contributed by atoms with van der Waals surface area (Å²) in [6, 6.07) is 0. The summed E-state index contributed by atoms with van der Waals surface area (Å²) in [7, 11) is 1.40. The van der Waals surface area contributed by atoms with E-state index < -0.39 is 0 Å². The Hall–Kier alpha value is -1.71. The van der Waals surface area contributed by atoms with Gasteiger partial charge in [0.1, 0.15) is 5.75 Å². The standard InChI is InChI=1S/C32H55NO3/c1-7-8-9-10-11-12-13-14-15-16-17-18-19-20-22-32(5)23-21-28-27(4)31(36-24-29(34)35-6)26(3)25(2)30(28)33-32/h33H,7-24H2,1-6H3. The van der Waals surface area contributed by atoms with Gasteiger partial charge in [0.25, 0.3) is 0 Å². The van der Waals surface area contributed by atoms with Gasteiger partial charge in [-0.2, -0.15) is 0 Å². The average molecular weight is 502 g/mol. The van der Waals surface area contributed by atoms with Gasteiger partial charge in [0.2, 0.25) is 0 Å². The first kappa shape index (κ1) is 30.5. The van der Waals surface area contributed by atoms with Gasteiger partial charge in [-0.05, 0) is 69.2 Å². The normalized spacial score (nSPS) is 16.9. The molecular weight excluding hydrogens is 446 g/mol. The Morgan fingerprint density at radius 1 is 0.806 bits per heavy atom. The van der Waals surface area contributed by atoms with E-state index in [-0.39, 0.29) is 18.1 Å². The van der Waals surface area contributed by atoms with E-state index in [0.29, 0.717) is 0 Å². The predicted molar refractivity (Wildman–Crippen MR) is 153 cm³/mol. The lowest BCUT2D eigenvalue weighted by Gasteiger charge is -2.39. The van der Waals surface area contributed by atoms with Crippen molar-refractivity contribution >= 4 is 11.7 Å². The molecule has 2 rings (SSSR count). The molecule has 0 saturated carbocycles. The highest BCUT2D eigenvalue weighted by molar-refractivity contribution is 5.72. The molecule has 1 atom stereocenters. The number of unbranched alkanes of at least 4 members (excludes halogenated alkanes) is 13. The summed E-state index contributed by atoms with van der Waals surface area (Å²) in [5.74, 6) is 0.497. The molecule has 0 fully saturated rings. The molecule has 1 aromatic carbocycles. The van der Waals surface area contributed by atoms with Gasteiger partial charge in [-0.3, -0.25) is 0 Å². The van der Waals surface area contributed by atoms with Crippen LogP contribution in [0.5, 0.6) is 5.75 Å². The Morgan fingerprint density at radius 3 is 1.86 bits per heavy atom. The van der Waals surface area contributed by atoms with E-state index in [9.17, 15) is 4.79 Å². The highest BCUT2D eigenvalue weighted by Crippen LogP contribution is 2.43. The molecule has 0 radical (unpaired) electrons. The molecule has 1 aromatic rings. The summed E-state index contributed by atoms with van der Waals surface area (Å²) in [5, 5.41) is 3.93. The van der Waals surface area contributed by atoms with E-state index in [1.165, 1.54) is 120 Å². The number of benzene rings is 1. The van der Waals surface area contributed by atoms with Crippen molar-refractivity contribution in [3.05, 3.63) is 22.3 Å². The molecule has 1 unspecified atom stereocenters. The average Bonchev–Trinajstić information content (AvgIpc) is 2.87. The molecule has 0 saturated heterocycles. The van der Waals surface area contributed by atoms with Crippen molar-refractivity contribution in [3.63, 3.8) is 0 Å². The van der Waals surface area contributed by atoms with Gasteiger partial charge in [-0.25, -0.2) is 4.79 Å². The molecular formula is C32H55NO3. The molecule has 1 N–H and O–H groups in total. The van der Waals surface area contributed by atoms with Crippen molar-refractivity contribution in [2.24, 2.45) is 0 Å². The fourth-order valence-corrected chi connectivity index (χ4v) is 5.74. The maximum atomic E-state index is 11.6. The van der Waals surface area contributed by atoms with Gasteiger partial charge in [-0.1, -0.05) is 96.8 Å². The Labute approximate surface area is 222 Å². The smallest absolute Gasteiger partial charge is 0.343 e. The number of hydrogen-bond acceptors (Lipinski definition) is 4. The third kappa shape index (κ3) is 9.63. The Bertz CT molecular complexity index is 803. The van der Waals surface area contributed by atoms with Gasteiger partial charge in [-0.15, -0.1) is 0 Å². The quantitative estimate of drug-likeness (QED) is 0.161. The van der Waals surface area contributed by atoms with Crippen LogP contribution in [0.25, 0.3) is 0 Å². The van der Waals surface area contributed by atoms with Crippen molar-refractivity contribution < 1.29 is 14.3 Å². The van der Waals surface area contributed by atoms with E-state index in [1.54, 1.807) is 0 Å². The Kier molecular flexibility index (Phi) is 13.7. The number of nitrogens with one attached hydrogen (secondary N) is 1. The number of methoxy groups -OCH3 is 1. The van der Waals surface area contributed by atoms with Crippen LogP contribution in [0.2, 0.25) is 0 Å². The molecule has 4 heteroatoms. The SMILES string of the molecule is CCCCCCCCCCCCCCCCC1(C)CCc2c(C)c(OCC(=O)OC)c(C)c(C)c2N1. The van der Waals surface area contributed by atoms with Crippen LogP contribution in [0.1, 0.15) is 139 Å². The van der Waals surface area contributed by atoms with E-state index in [2.05, 4.69) is 39.9 Å². The van der Waals surface area contributed by atoms with Crippen molar-refractivity contribution in [1.82, 2.24) is 0 Å². The molecule has 0 bridgehead atoms. The first-order chi connectivity index (χ1) is 17.3. The second-order valence-electron chi connectivity index (χ2n) is 11.5. The van der Waals surface area contributed by atoms with Gasteiger partial charge >= 0.3 is 5.97 Å². The van der Waals surface area contributed by atoms with E-state index >= 15 is 0 Å². The predicted octanol–water partition coefficient (Wildman–Crippen LogP) is 9.15. The number of anilines is 1. The molecule has 4 nitrogen and oxygen atoms in total. The van der Waals surface area contributed by atoms with E-state index in [0.717, 1.165) is 29.7 Å². The molecule has 0 aromatic heterocycles. The van der Waals surface area contributed by atoms with Crippen LogP contribution in [0.15, 0.2) is 0 Å². The highest BCUT2D eigenvalue weighted by atomic mass is 16.6. The monoisotopic (exact) mass is 501 g/mol. The zero-order valence-electron chi connectivity index (χ0n) is 24.5. The van der Waals surface area contributed by atoms with E-state index in [1.807, 2.05) is 0 Å². The van der Waals surface area contributed by atoms with E-state index in [4.69, 9.17) is 9.47 Å². The topological polar surface area (TPSA) is 47.6 Å². The zero-order chi connectivity index (χ0) is 26.4. The molecule has 0 amide bonds. The largest absolute Gasteiger partial charge is 0.481 e. The number of rotatable bonds is 18. The highest BCUT2D eigenvalue weighted by Gasteiger charge is 2.32. The van der Waals surface area contributed by atoms with Crippen molar-refractivity contribution in [2.75, 3.05) is 19.0 Å². The summed E-state index contributed by atoms with van der Waals surface area (Å²) in [6.45, 7) is 11.0. The number of carbonyl (C=O) groups excluding carboxylic acids is 1. The Balaban J connectivity index is 1.69. The number of ether oxygens (including phenoxy) is 2. The maximum absolute atomic E-state index is 11.6. The maximum Gasteiger partial charge on any atom is 0.343 e. The van der Waals surface area contributed by atoms with Crippen molar-refractivity contribution in [2.45, 2.75) is 149 Å². The van der Waals surface area contributed by atoms with Gasteiger partial charge in [0.05, 0.1) is 7.11 Å². The molecule has 36 heavy (non-hydrogen) atoms. The second kappa shape index (κ2) is 16.2. The zero-order valence-corrected chi connectivity index (χ0v) is 24.5. The van der Waals surface area contributed by atoms with Crippen molar-refractivity contribution in [1.29, 1.82) is 0 Å². The van der Waals surface area contributed by atoms with Gasteiger partial charge < -0.3 is 14.8 Å². The Morgan fingerprint density at radius 2 is 1.33 bits per heavy atom. The number of hydrogen-bond donors (Lipinski definition) is 1. The van der Waals surface area contributed by atoms with Crippen LogP contribution in [-0.2, 0) is 16.0 Å². The molecule has 1 aliphatic rings. The fourth-order valence-electron chi connectivity index (χ4n) is 5.74. The number of carbonyl (C=O) groups is 1. The minimum atomic E-state index is -0.344. The summed E-state index contributed by atoms with van der Waals surface area (Å²) in [6.07, 6.45) is 23.1. The van der Waals surface area contributed by atoms with Crippen LogP contribution in [0.3, 0.4) is 0 Å². The molecule has 0 aliphatic carbocycles. The van der Waals surface area contributed by atoms with Crippen LogP contribution in [0.4, 0.5) is 5.69 Å². The lowest BCUT2D eigenvalue weighted by molar-refractivity contribution is -0.142. The number of fused-ring (bicyclic) bond motifs is 1.